The Balaban J connectivity index is 1.42. The molecule has 0 unspecified atom stereocenters. The van der Waals surface area contributed by atoms with Gasteiger partial charge in [0.05, 0.1) is 26.9 Å². The number of allylic oxidation sites excluding steroid dienone is 1. The van der Waals surface area contributed by atoms with Crippen molar-refractivity contribution in [2.75, 3.05) is 27.9 Å². The molecule has 3 aromatic carbocycles. The maximum absolute atomic E-state index is 12.9. The average molecular weight is 550 g/mol. The fraction of sp³-hybridized carbons (Fsp3) is 0.207. The van der Waals surface area contributed by atoms with Crippen LogP contribution < -0.4 is 29.0 Å². The monoisotopic (exact) mass is 549 g/mol. The molecule has 40 heavy (non-hydrogen) atoms. The third-order valence-electron chi connectivity index (χ3n) is 6.04. The van der Waals surface area contributed by atoms with E-state index in [1.165, 1.54) is 57.7 Å². The van der Waals surface area contributed by atoms with Gasteiger partial charge in [-0.2, -0.15) is 0 Å². The number of phenolic OH excluding ortho intramolecular Hbond substituents is 1. The van der Waals surface area contributed by atoms with Crippen LogP contribution in [0.2, 0.25) is 0 Å². The molecule has 3 N–H and O–H groups in total. The Morgan fingerprint density at radius 1 is 0.950 bits per heavy atom. The smallest absolute Gasteiger partial charge is 0.326 e. The van der Waals surface area contributed by atoms with Gasteiger partial charge in [-0.3, -0.25) is 9.59 Å². The summed E-state index contributed by atoms with van der Waals surface area (Å²) in [7, 11) is 4.48. The molecule has 1 amide bonds. The lowest BCUT2D eigenvalue weighted by Crippen LogP contribution is -2.44. The van der Waals surface area contributed by atoms with Crippen LogP contribution in [0.15, 0.2) is 60.4 Å². The van der Waals surface area contributed by atoms with Crippen molar-refractivity contribution in [1.82, 2.24) is 5.32 Å². The summed E-state index contributed by atoms with van der Waals surface area (Å²) in [6.07, 6.45) is 1.55. The molecule has 0 bridgehead atoms. The lowest BCUT2D eigenvalue weighted by molar-refractivity contribution is -0.142. The quantitative estimate of drug-likeness (QED) is 0.304. The number of methoxy groups -OCH3 is 3. The lowest BCUT2D eigenvalue weighted by Gasteiger charge is -2.15. The third-order valence-corrected chi connectivity index (χ3v) is 6.04. The predicted octanol–water partition coefficient (Wildman–Crippen LogP) is 3.23. The summed E-state index contributed by atoms with van der Waals surface area (Å²) < 4.78 is 27.3. The zero-order valence-electron chi connectivity index (χ0n) is 21.9. The molecule has 0 aromatic heterocycles. The van der Waals surface area contributed by atoms with E-state index in [-0.39, 0.29) is 35.2 Å². The van der Waals surface area contributed by atoms with Gasteiger partial charge in [-0.05, 0) is 42.0 Å². The van der Waals surface area contributed by atoms with Crippen LogP contribution >= 0.6 is 0 Å². The minimum absolute atomic E-state index is 0.0239. The van der Waals surface area contributed by atoms with Crippen molar-refractivity contribution in [3.63, 3.8) is 0 Å². The number of rotatable bonds is 11. The summed E-state index contributed by atoms with van der Waals surface area (Å²) in [5, 5.41) is 21.3. The number of hydrogen-bond acceptors (Lipinski definition) is 9. The topological polar surface area (TPSA) is 150 Å². The number of nitrogens with one attached hydrogen (secondary N) is 1. The zero-order valence-corrected chi connectivity index (χ0v) is 21.9. The number of fused-ring (bicyclic) bond motifs is 1. The van der Waals surface area contributed by atoms with Gasteiger partial charge in [-0.1, -0.05) is 12.1 Å². The van der Waals surface area contributed by atoms with Crippen LogP contribution in [0.3, 0.4) is 0 Å². The molecule has 0 radical (unpaired) electrons. The van der Waals surface area contributed by atoms with Gasteiger partial charge in [0.2, 0.25) is 5.78 Å². The number of ketones is 1. The summed E-state index contributed by atoms with van der Waals surface area (Å²) in [5.41, 5.74) is 1.47. The molecular formula is C29H27NO10. The van der Waals surface area contributed by atoms with Crippen molar-refractivity contribution in [2.24, 2.45) is 0 Å². The second-order valence-electron chi connectivity index (χ2n) is 8.66. The molecule has 0 spiro atoms. The van der Waals surface area contributed by atoms with Gasteiger partial charge in [0.1, 0.15) is 29.0 Å². The number of aliphatic carboxylic acids is 1. The fourth-order valence-corrected chi connectivity index (χ4v) is 4.02. The number of carboxylic acid groups (broad SMARTS) is 1. The van der Waals surface area contributed by atoms with Crippen molar-refractivity contribution in [1.29, 1.82) is 0 Å². The number of hydrogen-bond donors (Lipinski definition) is 3. The van der Waals surface area contributed by atoms with Crippen LogP contribution in [0, 0.1) is 0 Å². The summed E-state index contributed by atoms with van der Waals surface area (Å²) >= 11 is 0. The van der Waals surface area contributed by atoms with Gasteiger partial charge < -0.3 is 39.2 Å². The van der Waals surface area contributed by atoms with Crippen molar-refractivity contribution < 1.29 is 48.3 Å². The number of ether oxygens (including phenoxy) is 5. The Labute approximate surface area is 229 Å². The van der Waals surface area contributed by atoms with Crippen molar-refractivity contribution in [3.05, 3.63) is 77.0 Å². The first kappa shape index (κ1) is 27.8. The Morgan fingerprint density at radius 3 is 2.27 bits per heavy atom. The summed E-state index contributed by atoms with van der Waals surface area (Å²) in [5.74, 6) is -0.273. The number of aromatic hydroxyl groups is 1. The van der Waals surface area contributed by atoms with E-state index in [9.17, 15) is 24.6 Å². The normalized spacial score (nSPS) is 13.7. The molecule has 1 atom stereocenters. The summed E-state index contributed by atoms with van der Waals surface area (Å²) in [6.45, 7) is -0.461. The second-order valence-corrected chi connectivity index (χ2v) is 8.66. The standard InChI is InChI=1S/C29H27NO10/c1-36-22-14-25(38-3)24(37-2)11-17(22)12-26-28(33)20-9-8-19(13-23(20)40-26)39-15-27(32)30-21(29(34)35)10-16-4-6-18(31)7-5-16/h4-9,11-14,21,31H,10,15H2,1-3H3,(H,30,32)(H,34,35)/b26-12-/t21-/m0/s1. The molecule has 0 fully saturated rings. The Bertz CT molecular complexity index is 1460. The number of carbonyl (C=O) groups excluding carboxylic acids is 2. The van der Waals surface area contributed by atoms with E-state index in [1.807, 2.05) is 0 Å². The number of carbonyl (C=O) groups is 3. The molecule has 4 rings (SSSR count). The first-order valence-electron chi connectivity index (χ1n) is 12.0. The summed E-state index contributed by atoms with van der Waals surface area (Å²) in [6, 6.07) is 12.6. The van der Waals surface area contributed by atoms with Gasteiger partial charge in [0.15, 0.2) is 23.9 Å². The molecule has 1 aliphatic rings. The van der Waals surface area contributed by atoms with Crippen LogP contribution in [-0.4, -0.2) is 61.9 Å². The molecular weight excluding hydrogens is 522 g/mol. The third kappa shape index (κ3) is 6.26. The number of benzene rings is 3. The fourth-order valence-electron chi connectivity index (χ4n) is 4.02. The highest BCUT2D eigenvalue weighted by Gasteiger charge is 2.29. The Kier molecular flexibility index (Phi) is 8.43. The number of carboxylic acids is 1. The lowest BCUT2D eigenvalue weighted by atomic mass is 10.1. The molecule has 3 aromatic rings. The highest BCUT2D eigenvalue weighted by Crippen LogP contribution is 2.39. The first-order chi connectivity index (χ1) is 19.2. The van der Waals surface area contributed by atoms with Crippen molar-refractivity contribution in [2.45, 2.75) is 12.5 Å². The Morgan fingerprint density at radius 2 is 1.62 bits per heavy atom. The summed E-state index contributed by atoms with van der Waals surface area (Å²) in [4.78, 5) is 37.0. The van der Waals surface area contributed by atoms with Gasteiger partial charge in [-0.25, -0.2) is 4.79 Å². The van der Waals surface area contributed by atoms with Crippen LogP contribution in [0.5, 0.6) is 34.5 Å². The van der Waals surface area contributed by atoms with E-state index in [1.54, 1.807) is 24.3 Å². The molecule has 1 heterocycles. The van der Waals surface area contributed by atoms with Gasteiger partial charge in [-0.15, -0.1) is 0 Å². The van der Waals surface area contributed by atoms with E-state index < -0.39 is 24.5 Å². The minimum Gasteiger partial charge on any atom is -0.508 e. The van der Waals surface area contributed by atoms with Gasteiger partial charge in [0.25, 0.3) is 5.91 Å². The SMILES string of the molecule is COc1cc(OC)c(OC)cc1/C=C1\Oc2cc(OCC(=O)N[C@@H](Cc3ccc(O)cc3)C(=O)O)ccc2C1=O. The first-order valence-corrected chi connectivity index (χ1v) is 12.0. The molecule has 0 aliphatic carbocycles. The van der Waals surface area contributed by atoms with Gasteiger partial charge in [0, 0.05) is 24.1 Å². The molecule has 0 saturated carbocycles. The van der Waals surface area contributed by atoms with E-state index in [2.05, 4.69) is 5.32 Å². The molecule has 1 aliphatic heterocycles. The van der Waals surface area contributed by atoms with Crippen molar-refractivity contribution >= 4 is 23.7 Å². The van der Waals surface area contributed by atoms with Crippen LogP contribution in [-0.2, 0) is 16.0 Å². The predicted molar refractivity (Wildman–Crippen MR) is 142 cm³/mol. The largest absolute Gasteiger partial charge is 0.508 e. The molecule has 11 heteroatoms. The number of phenols is 1. The van der Waals surface area contributed by atoms with Crippen LogP contribution in [0.4, 0.5) is 0 Å². The molecule has 0 saturated heterocycles. The molecule has 11 nitrogen and oxygen atoms in total. The van der Waals surface area contributed by atoms with Crippen molar-refractivity contribution in [3.8, 4) is 34.5 Å². The average Bonchev–Trinajstić information content (AvgIpc) is 3.26. The zero-order chi connectivity index (χ0) is 28.8. The number of amides is 1. The van der Waals surface area contributed by atoms with Crippen LogP contribution in [0.1, 0.15) is 21.5 Å². The maximum atomic E-state index is 12.9. The number of Topliss-reactive ketones (excluding diaryl/α,β-unsaturated/α-hetero) is 1. The van der Waals surface area contributed by atoms with E-state index in [0.717, 1.165) is 0 Å². The minimum atomic E-state index is -1.21. The highest BCUT2D eigenvalue weighted by molar-refractivity contribution is 6.14. The van der Waals surface area contributed by atoms with E-state index in [0.29, 0.717) is 33.9 Å². The van der Waals surface area contributed by atoms with Crippen LogP contribution in [0.25, 0.3) is 6.08 Å². The maximum Gasteiger partial charge on any atom is 0.326 e. The van der Waals surface area contributed by atoms with Gasteiger partial charge >= 0.3 is 5.97 Å². The Hall–Kier alpha value is -5.19. The molecule has 208 valence electrons. The highest BCUT2D eigenvalue weighted by atomic mass is 16.5. The second kappa shape index (κ2) is 12.1. The van der Waals surface area contributed by atoms with E-state index in [4.69, 9.17) is 23.7 Å². The van der Waals surface area contributed by atoms with E-state index >= 15 is 0 Å².